The minimum Gasteiger partial charge on any atom is -0.293 e. The second kappa shape index (κ2) is 5.82. The predicted molar refractivity (Wildman–Crippen MR) is 63.7 cm³/mol. The Balaban J connectivity index is 2.65. The summed E-state index contributed by atoms with van der Waals surface area (Å²) in [7, 11) is 0. The summed E-state index contributed by atoms with van der Waals surface area (Å²) in [5, 5.41) is 0. The van der Waals surface area contributed by atoms with Crippen LogP contribution in [-0.4, -0.2) is 18.6 Å². The highest BCUT2D eigenvalue weighted by Crippen LogP contribution is 2.08. The van der Waals surface area contributed by atoms with Crippen molar-refractivity contribution in [2.75, 3.05) is 12.4 Å². The van der Waals surface area contributed by atoms with Crippen LogP contribution >= 0.6 is 11.6 Å². The second-order valence-corrected chi connectivity index (χ2v) is 3.82. The molecule has 0 saturated carbocycles. The van der Waals surface area contributed by atoms with Crippen LogP contribution in [0.25, 0.3) is 0 Å². The van der Waals surface area contributed by atoms with Crippen LogP contribution in [0.5, 0.6) is 0 Å². The van der Waals surface area contributed by atoms with Crippen molar-refractivity contribution in [2.45, 2.75) is 20.3 Å². The summed E-state index contributed by atoms with van der Waals surface area (Å²) < 4.78 is 0. The van der Waals surface area contributed by atoms with E-state index in [0.29, 0.717) is 5.88 Å². The van der Waals surface area contributed by atoms with Crippen LogP contribution in [0, 0.1) is 13.8 Å². The van der Waals surface area contributed by atoms with Crippen LogP contribution in [0.15, 0.2) is 23.2 Å². The number of aryl methyl sites for hydroxylation is 2. The summed E-state index contributed by atoms with van der Waals surface area (Å²) in [6.07, 6.45) is 2.89. The molecule has 0 saturated heterocycles. The zero-order valence-corrected chi connectivity index (χ0v) is 9.51. The van der Waals surface area contributed by atoms with Gasteiger partial charge in [-0.25, -0.2) is 0 Å². The van der Waals surface area contributed by atoms with E-state index in [4.69, 9.17) is 11.6 Å². The molecule has 0 fully saturated rings. The Hall–Kier alpha value is -0.820. The van der Waals surface area contributed by atoms with Gasteiger partial charge in [-0.2, -0.15) is 0 Å². The van der Waals surface area contributed by atoms with Gasteiger partial charge >= 0.3 is 0 Å². The molecular formula is C12H16ClN. The van der Waals surface area contributed by atoms with Gasteiger partial charge in [0.05, 0.1) is 0 Å². The van der Waals surface area contributed by atoms with Crippen molar-refractivity contribution in [2.24, 2.45) is 4.99 Å². The smallest absolute Gasteiger partial charge is 0.0400 e. The van der Waals surface area contributed by atoms with Gasteiger partial charge in [0.2, 0.25) is 0 Å². The summed E-state index contributed by atoms with van der Waals surface area (Å²) >= 11 is 5.57. The Bertz CT molecular complexity index is 318. The molecule has 0 heterocycles. The molecule has 0 aliphatic rings. The van der Waals surface area contributed by atoms with Crippen LogP contribution in [0.3, 0.4) is 0 Å². The van der Waals surface area contributed by atoms with E-state index in [2.05, 4.69) is 37.0 Å². The Labute approximate surface area is 90.8 Å². The molecule has 0 unspecified atom stereocenters. The minimum atomic E-state index is 0.685. The summed E-state index contributed by atoms with van der Waals surface area (Å²) in [5.41, 5.74) is 3.75. The largest absolute Gasteiger partial charge is 0.293 e. The molecule has 1 aromatic carbocycles. The maximum atomic E-state index is 5.57. The molecule has 0 amide bonds. The van der Waals surface area contributed by atoms with Crippen molar-refractivity contribution in [1.29, 1.82) is 0 Å². The maximum absolute atomic E-state index is 5.57. The van der Waals surface area contributed by atoms with E-state index in [-0.39, 0.29) is 0 Å². The first-order valence-corrected chi connectivity index (χ1v) is 5.40. The molecule has 0 spiro atoms. The molecule has 1 nitrogen and oxygen atoms in total. The van der Waals surface area contributed by atoms with Gasteiger partial charge in [0.1, 0.15) is 0 Å². The van der Waals surface area contributed by atoms with Gasteiger partial charge in [0.15, 0.2) is 0 Å². The Morgan fingerprint density at radius 3 is 2.86 bits per heavy atom. The van der Waals surface area contributed by atoms with Gasteiger partial charge in [-0.15, -0.1) is 11.6 Å². The highest BCUT2D eigenvalue weighted by molar-refractivity contribution is 6.17. The summed E-state index contributed by atoms with van der Waals surface area (Å²) in [5.74, 6) is 0.685. The Kier molecular flexibility index (Phi) is 4.68. The third-order valence-electron chi connectivity index (χ3n) is 2.09. The minimum absolute atomic E-state index is 0.685. The van der Waals surface area contributed by atoms with Gasteiger partial charge in [-0.05, 0) is 31.4 Å². The monoisotopic (exact) mass is 209 g/mol. The number of alkyl halides is 1. The van der Waals surface area contributed by atoms with Crippen LogP contribution in [-0.2, 0) is 0 Å². The highest BCUT2D eigenvalue weighted by Gasteiger charge is 1.94. The molecule has 14 heavy (non-hydrogen) atoms. The lowest BCUT2D eigenvalue weighted by Gasteiger charge is -2.00. The number of halogens is 1. The van der Waals surface area contributed by atoms with Crippen molar-refractivity contribution >= 4 is 17.8 Å². The van der Waals surface area contributed by atoms with Crippen molar-refractivity contribution in [3.05, 3.63) is 34.9 Å². The normalized spacial score (nSPS) is 11.1. The van der Waals surface area contributed by atoms with E-state index in [1.165, 1.54) is 16.7 Å². The Morgan fingerprint density at radius 2 is 2.14 bits per heavy atom. The molecule has 0 radical (unpaired) electrons. The molecular weight excluding hydrogens is 194 g/mol. The second-order valence-electron chi connectivity index (χ2n) is 3.44. The number of hydrogen-bond donors (Lipinski definition) is 0. The van der Waals surface area contributed by atoms with E-state index in [0.717, 1.165) is 13.0 Å². The fourth-order valence-corrected chi connectivity index (χ4v) is 1.33. The zero-order chi connectivity index (χ0) is 10.4. The van der Waals surface area contributed by atoms with Crippen molar-refractivity contribution in [3.63, 3.8) is 0 Å². The lowest BCUT2D eigenvalue weighted by atomic mass is 10.1. The molecule has 1 aromatic rings. The molecule has 2 heteroatoms. The van der Waals surface area contributed by atoms with Crippen LogP contribution in [0.4, 0.5) is 0 Å². The predicted octanol–water partition coefficient (Wildman–Crippen LogP) is 3.35. The summed E-state index contributed by atoms with van der Waals surface area (Å²) in [4.78, 5) is 4.32. The number of benzene rings is 1. The number of aliphatic imine (C=N–C) groups is 1. The third kappa shape index (κ3) is 3.51. The number of rotatable bonds is 4. The van der Waals surface area contributed by atoms with E-state index in [1.54, 1.807) is 0 Å². The fourth-order valence-electron chi connectivity index (χ4n) is 1.21. The van der Waals surface area contributed by atoms with E-state index >= 15 is 0 Å². The van der Waals surface area contributed by atoms with Crippen LogP contribution in [0.2, 0.25) is 0 Å². The molecule has 0 aliphatic carbocycles. The van der Waals surface area contributed by atoms with Crippen molar-refractivity contribution < 1.29 is 0 Å². The number of nitrogens with zero attached hydrogens (tertiary/aromatic N) is 1. The molecule has 1 rings (SSSR count). The number of hydrogen-bond acceptors (Lipinski definition) is 1. The van der Waals surface area contributed by atoms with Gasteiger partial charge in [0, 0.05) is 18.6 Å². The van der Waals surface area contributed by atoms with E-state index < -0.39 is 0 Å². The van der Waals surface area contributed by atoms with Crippen LogP contribution in [0.1, 0.15) is 23.1 Å². The lowest BCUT2D eigenvalue weighted by molar-refractivity contribution is 0.943. The first-order chi connectivity index (χ1) is 6.74. The first kappa shape index (κ1) is 11.3. The third-order valence-corrected chi connectivity index (χ3v) is 2.35. The molecule has 0 bridgehead atoms. The summed E-state index contributed by atoms with van der Waals surface area (Å²) in [6, 6.07) is 6.39. The molecule has 0 N–H and O–H groups in total. The van der Waals surface area contributed by atoms with Gasteiger partial charge in [-0.3, -0.25) is 4.99 Å². The van der Waals surface area contributed by atoms with E-state index in [1.807, 2.05) is 6.21 Å². The standard InChI is InChI=1S/C12H16ClN/c1-10-4-5-11(2)12(8-10)9-14-7-3-6-13/h4-5,8-9H,3,6-7H2,1-2H3. The summed E-state index contributed by atoms with van der Waals surface area (Å²) in [6.45, 7) is 5.01. The molecule has 0 atom stereocenters. The van der Waals surface area contributed by atoms with Gasteiger partial charge in [0.25, 0.3) is 0 Å². The van der Waals surface area contributed by atoms with Gasteiger partial charge in [-0.1, -0.05) is 23.8 Å². The SMILES string of the molecule is Cc1ccc(C)c(C=NCCCCl)c1. The maximum Gasteiger partial charge on any atom is 0.0400 e. The van der Waals surface area contributed by atoms with Crippen LogP contribution < -0.4 is 0 Å². The topological polar surface area (TPSA) is 12.4 Å². The van der Waals surface area contributed by atoms with E-state index in [9.17, 15) is 0 Å². The average Bonchev–Trinajstić information content (AvgIpc) is 2.18. The highest BCUT2D eigenvalue weighted by atomic mass is 35.5. The quantitative estimate of drug-likeness (QED) is 0.410. The average molecular weight is 210 g/mol. The molecule has 0 aliphatic heterocycles. The first-order valence-electron chi connectivity index (χ1n) is 4.87. The fraction of sp³-hybridized carbons (Fsp3) is 0.417. The lowest BCUT2D eigenvalue weighted by Crippen LogP contribution is -1.90. The molecule has 76 valence electrons. The zero-order valence-electron chi connectivity index (χ0n) is 8.76. The van der Waals surface area contributed by atoms with Crippen molar-refractivity contribution in [1.82, 2.24) is 0 Å². The van der Waals surface area contributed by atoms with Gasteiger partial charge < -0.3 is 0 Å². The van der Waals surface area contributed by atoms with Crippen molar-refractivity contribution in [3.8, 4) is 0 Å². The Morgan fingerprint density at radius 1 is 1.36 bits per heavy atom. The molecule has 0 aromatic heterocycles.